The van der Waals surface area contributed by atoms with Gasteiger partial charge in [0.05, 0.1) is 12.3 Å². The molecule has 0 aliphatic carbocycles. The van der Waals surface area contributed by atoms with Crippen LogP contribution >= 0.6 is 0 Å². The third-order valence-electron chi connectivity index (χ3n) is 4.44. The van der Waals surface area contributed by atoms with Gasteiger partial charge in [0, 0.05) is 25.1 Å². The zero-order chi connectivity index (χ0) is 15.5. The van der Waals surface area contributed by atoms with Gasteiger partial charge in [0.25, 0.3) is 0 Å². The Kier molecular flexibility index (Phi) is 5.12. The largest absolute Gasteiger partial charge is 0.504 e. The molecule has 4 heteroatoms. The molecule has 1 aromatic rings. The normalized spacial score (nSPS) is 20.2. The Morgan fingerprint density at radius 1 is 1.38 bits per heavy atom. The Balaban J connectivity index is 2.11. The molecular formula is C17H28N2O2. The third-order valence-corrected chi connectivity index (χ3v) is 4.44. The minimum absolute atomic E-state index is 0.224. The highest BCUT2D eigenvalue weighted by atomic mass is 16.5. The van der Waals surface area contributed by atoms with E-state index < -0.39 is 5.66 Å². The molecule has 3 N–H and O–H groups in total. The fourth-order valence-electron chi connectivity index (χ4n) is 3.00. The fraction of sp³-hybridized carbons (Fsp3) is 0.647. The lowest BCUT2D eigenvalue weighted by Gasteiger charge is -2.42. The standard InChI is InChI=1S/C17H28N2O2/c1-4-21-15-7-5-6-14(16(15)20)12-17(3,18)19-10-8-13(2)9-11-19/h5-7,13,20H,4,8-12,18H2,1-3H3. The maximum atomic E-state index is 10.3. The van der Waals surface area contributed by atoms with Crippen molar-refractivity contribution in [2.24, 2.45) is 11.7 Å². The number of para-hydroxylation sites is 1. The van der Waals surface area contributed by atoms with Crippen LogP contribution < -0.4 is 10.5 Å². The van der Waals surface area contributed by atoms with Crippen molar-refractivity contribution in [2.45, 2.75) is 45.7 Å². The molecule has 118 valence electrons. The van der Waals surface area contributed by atoms with Gasteiger partial charge in [0.2, 0.25) is 0 Å². The van der Waals surface area contributed by atoms with E-state index in [4.69, 9.17) is 10.5 Å². The molecule has 0 spiro atoms. The molecule has 0 amide bonds. The van der Waals surface area contributed by atoms with Gasteiger partial charge in [-0.15, -0.1) is 0 Å². The third kappa shape index (κ3) is 3.89. The second-order valence-electron chi connectivity index (χ2n) is 6.40. The number of phenols is 1. The quantitative estimate of drug-likeness (QED) is 0.876. The lowest BCUT2D eigenvalue weighted by Crippen LogP contribution is -2.57. The summed E-state index contributed by atoms with van der Waals surface area (Å²) in [4.78, 5) is 2.33. The number of nitrogens with two attached hydrogens (primary N) is 1. The number of rotatable bonds is 5. The molecule has 1 aliphatic rings. The minimum atomic E-state index is -0.442. The number of piperidine rings is 1. The van der Waals surface area contributed by atoms with Gasteiger partial charge in [0.15, 0.2) is 11.5 Å². The van der Waals surface area contributed by atoms with Crippen LogP contribution in [0.4, 0.5) is 0 Å². The Hall–Kier alpha value is -1.26. The average molecular weight is 292 g/mol. The van der Waals surface area contributed by atoms with E-state index in [0.717, 1.165) is 24.6 Å². The van der Waals surface area contributed by atoms with E-state index in [1.54, 1.807) is 6.07 Å². The summed E-state index contributed by atoms with van der Waals surface area (Å²) in [5, 5.41) is 10.3. The van der Waals surface area contributed by atoms with Crippen LogP contribution in [0, 0.1) is 5.92 Å². The van der Waals surface area contributed by atoms with Crippen molar-refractivity contribution in [1.29, 1.82) is 0 Å². The van der Waals surface area contributed by atoms with Crippen molar-refractivity contribution in [3.63, 3.8) is 0 Å². The summed E-state index contributed by atoms with van der Waals surface area (Å²) in [7, 11) is 0. The number of aromatic hydroxyl groups is 1. The number of likely N-dealkylation sites (tertiary alicyclic amines) is 1. The molecule has 1 aliphatic heterocycles. The van der Waals surface area contributed by atoms with E-state index in [0.29, 0.717) is 18.8 Å². The molecule has 2 rings (SSSR count). The smallest absolute Gasteiger partial charge is 0.161 e. The summed E-state index contributed by atoms with van der Waals surface area (Å²) in [6.45, 7) is 8.85. The van der Waals surface area contributed by atoms with Crippen LogP contribution in [0.25, 0.3) is 0 Å². The van der Waals surface area contributed by atoms with E-state index in [1.807, 2.05) is 19.1 Å². The number of hydrogen-bond acceptors (Lipinski definition) is 4. The van der Waals surface area contributed by atoms with Crippen LogP contribution in [0.1, 0.15) is 39.2 Å². The Labute approximate surface area is 127 Å². The van der Waals surface area contributed by atoms with Crippen LogP contribution in [-0.4, -0.2) is 35.4 Å². The summed E-state index contributed by atoms with van der Waals surface area (Å²) in [6.07, 6.45) is 3.00. The Bertz CT molecular complexity index is 466. The highest BCUT2D eigenvalue weighted by Crippen LogP contribution is 2.33. The summed E-state index contributed by atoms with van der Waals surface area (Å²) in [6, 6.07) is 5.63. The summed E-state index contributed by atoms with van der Waals surface area (Å²) in [5.41, 5.74) is 6.95. The molecule has 1 saturated heterocycles. The van der Waals surface area contributed by atoms with Crippen molar-refractivity contribution in [3.05, 3.63) is 23.8 Å². The molecule has 21 heavy (non-hydrogen) atoms. The number of nitrogens with zero attached hydrogens (tertiary/aromatic N) is 1. The molecule has 1 fully saturated rings. The van der Waals surface area contributed by atoms with Crippen molar-refractivity contribution in [2.75, 3.05) is 19.7 Å². The summed E-state index contributed by atoms with van der Waals surface area (Å²) in [5.74, 6) is 1.55. The van der Waals surface area contributed by atoms with Crippen molar-refractivity contribution in [1.82, 2.24) is 4.90 Å². The molecule has 1 aromatic carbocycles. The first-order valence-corrected chi connectivity index (χ1v) is 7.91. The summed E-state index contributed by atoms with van der Waals surface area (Å²) < 4.78 is 5.45. The predicted octanol–water partition coefficient (Wildman–Crippen LogP) is 2.74. The van der Waals surface area contributed by atoms with Gasteiger partial charge < -0.3 is 15.6 Å². The zero-order valence-corrected chi connectivity index (χ0v) is 13.4. The highest BCUT2D eigenvalue weighted by Gasteiger charge is 2.31. The number of ether oxygens (including phenoxy) is 1. The van der Waals surface area contributed by atoms with E-state index in [9.17, 15) is 5.11 Å². The van der Waals surface area contributed by atoms with E-state index >= 15 is 0 Å². The second-order valence-corrected chi connectivity index (χ2v) is 6.40. The zero-order valence-electron chi connectivity index (χ0n) is 13.4. The van der Waals surface area contributed by atoms with Crippen LogP contribution in [-0.2, 0) is 6.42 Å². The van der Waals surface area contributed by atoms with Gasteiger partial charge in [-0.3, -0.25) is 4.90 Å². The molecule has 1 unspecified atom stereocenters. The maximum Gasteiger partial charge on any atom is 0.161 e. The number of phenolic OH excluding ortho intramolecular Hbond substituents is 1. The maximum absolute atomic E-state index is 10.3. The van der Waals surface area contributed by atoms with Gasteiger partial charge in [-0.1, -0.05) is 19.1 Å². The number of hydrogen-bond donors (Lipinski definition) is 2. The Morgan fingerprint density at radius 3 is 2.67 bits per heavy atom. The van der Waals surface area contributed by atoms with Gasteiger partial charge in [0.1, 0.15) is 0 Å². The first-order chi connectivity index (χ1) is 9.94. The lowest BCUT2D eigenvalue weighted by atomic mass is 9.93. The number of benzene rings is 1. The van der Waals surface area contributed by atoms with Crippen LogP contribution in [0.15, 0.2) is 18.2 Å². The molecule has 4 nitrogen and oxygen atoms in total. The van der Waals surface area contributed by atoms with Crippen LogP contribution in [0.2, 0.25) is 0 Å². The SMILES string of the molecule is CCOc1cccc(CC(C)(N)N2CCC(C)CC2)c1O. The minimum Gasteiger partial charge on any atom is -0.504 e. The molecule has 1 atom stereocenters. The molecule has 0 radical (unpaired) electrons. The van der Waals surface area contributed by atoms with Gasteiger partial charge in [-0.2, -0.15) is 0 Å². The first kappa shape index (κ1) is 16.1. The first-order valence-electron chi connectivity index (χ1n) is 7.91. The van der Waals surface area contributed by atoms with Crippen molar-refractivity contribution in [3.8, 4) is 11.5 Å². The topological polar surface area (TPSA) is 58.7 Å². The van der Waals surface area contributed by atoms with Gasteiger partial charge in [-0.25, -0.2) is 0 Å². The molecule has 0 aromatic heterocycles. The molecule has 1 heterocycles. The van der Waals surface area contributed by atoms with Gasteiger partial charge in [-0.05, 0) is 38.7 Å². The van der Waals surface area contributed by atoms with E-state index in [2.05, 4.69) is 18.7 Å². The highest BCUT2D eigenvalue weighted by molar-refractivity contribution is 5.46. The lowest BCUT2D eigenvalue weighted by molar-refractivity contribution is 0.0690. The predicted molar refractivity (Wildman–Crippen MR) is 85.5 cm³/mol. The average Bonchev–Trinajstić information content (AvgIpc) is 2.44. The molecule has 0 saturated carbocycles. The van der Waals surface area contributed by atoms with Crippen LogP contribution in [0.5, 0.6) is 11.5 Å². The van der Waals surface area contributed by atoms with Crippen molar-refractivity contribution >= 4 is 0 Å². The van der Waals surface area contributed by atoms with E-state index in [1.165, 1.54) is 12.8 Å². The van der Waals surface area contributed by atoms with Gasteiger partial charge >= 0.3 is 0 Å². The molecule has 0 bridgehead atoms. The van der Waals surface area contributed by atoms with E-state index in [-0.39, 0.29) is 5.75 Å². The monoisotopic (exact) mass is 292 g/mol. The fourth-order valence-corrected chi connectivity index (χ4v) is 3.00. The molecular weight excluding hydrogens is 264 g/mol. The Morgan fingerprint density at radius 2 is 2.05 bits per heavy atom. The van der Waals surface area contributed by atoms with Crippen LogP contribution in [0.3, 0.4) is 0 Å². The van der Waals surface area contributed by atoms with Crippen molar-refractivity contribution < 1.29 is 9.84 Å². The summed E-state index contributed by atoms with van der Waals surface area (Å²) >= 11 is 0. The second kappa shape index (κ2) is 6.67.